The number of methoxy groups -OCH3 is 2. The van der Waals surface area contributed by atoms with Crippen LogP contribution in [-0.2, 0) is 13.2 Å². The van der Waals surface area contributed by atoms with Crippen molar-refractivity contribution < 1.29 is 28.5 Å². The van der Waals surface area contributed by atoms with Gasteiger partial charge in [-0.15, -0.1) is 0 Å². The van der Waals surface area contributed by atoms with Crippen molar-refractivity contribution in [2.75, 3.05) is 21.3 Å². The molecule has 3 aromatic carbocycles. The average Bonchev–Trinajstić information content (AvgIpc) is 3.34. The van der Waals surface area contributed by atoms with Crippen LogP contribution in [0.4, 0.5) is 0 Å². The Labute approximate surface area is 234 Å². The van der Waals surface area contributed by atoms with E-state index in [0.29, 0.717) is 29.1 Å². The molecule has 3 atom stereocenters. The molecule has 0 saturated carbocycles. The molecule has 0 N–H and O–H groups in total. The molecule has 6 rings (SSSR count). The van der Waals surface area contributed by atoms with Gasteiger partial charge in [-0.25, -0.2) is 0 Å². The third-order valence-electron chi connectivity index (χ3n) is 8.54. The largest absolute Gasteiger partial charge is 0.497 e. The minimum atomic E-state index is -0.298. The molecule has 208 valence electrons. The standard InChI is InChI=1S/C32H34N2O6/c1-33-22-8-9-23(33)17-24(16-22)34-31(35)27-14-15-28(39-18-20-4-10-25(37-2)11-5-20)30(29(27)32(34)36)40-19-21-6-12-26(38-3)13-7-21/h4-7,10-15,22-24H,8-9,16-19H2,1-3H3/t22-,23+,24?. The van der Waals surface area contributed by atoms with Crippen molar-refractivity contribution in [1.29, 1.82) is 0 Å². The van der Waals surface area contributed by atoms with Crippen LogP contribution in [0.5, 0.6) is 23.0 Å². The Hall–Kier alpha value is -4.04. The number of rotatable bonds is 9. The van der Waals surface area contributed by atoms with Crippen molar-refractivity contribution in [3.63, 3.8) is 0 Å². The Kier molecular flexibility index (Phi) is 7.11. The first kappa shape index (κ1) is 26.2. The minimum Gasteiger partial charge on any atom is -0.497 e. The van der Waals surface area contributed by atoms with Gasteiger partial charge in [-0.3, -0.25) is 14.5 Å². The van der Waals surface area contributed by atoms with Crippen molar-refractivity contribution in [1.82, 2.24) is 9.80 Å². The van der Waals surface area contributed by atoms with Crippen molar-refractivity contribution in [2.24, 2.45) is 0 Å². The van der Waals surface area contributed by atoms with Gasteiger partial charge in [0.15, 0.2) is 11.5 Å². The molecule has 0 radical (unpaired) electrons. The van der Waals surface area contributed by atoms with Crippen LogP contribution in [0.1, 0.15) is 57.5 Å². The molecule has 8 heteroatoms. The fourth-order valence-electron chi connectivity index (χ4n) is 6.24. The molecule has 2 fully saturated rings. The van der Waals surface area contributed by atoms with Crippen LogP contribution in [0, 0.1) is 0 Å². The van der Waals surface area contributed by atoms with Crippen LogP contribution in [0.3, 0.4) is 0 Å². The summed E-state index contributed by atoms with van der Waals surface area (Å²) in [6.45, 7) is 0.477. The maximum Gasteiger partial charge on any atom is 0.265 e. The van der Waals surface area contributed by atoms with E-state index in [4.69, 9.17) is 18.9 Å². The lowest BCUT2D eigenvalue weighted by Gasteiger charge is -2.39. The number of hydrogen-bond donors (Lipinski definition) is 0. The van der Waals surface area contributed by atoms with Crippen LogP contribution < -0.4 is 18.9 Å². The number of piperidine rings is 1. The monoisotopic (exact) mass is 542 g/mol. The van der Waals surface area contributed by atoms with Crippen molar-refractivity contribution >= 4 is 11.8 Å². The first-order valence-corrected chi connectivity index (χ1v) is 13.7. The molecule has 1 unspecified atom stereocenters. The summed E-state index contributed by atoms with van der Waals surface area (Å²) in [5, 5.41) is 0. The Bertz CT molecular complexity index is 1390. The SMILES string of the molecule is COc1ccc(COc2ccc3c(c2OCc2ccc(OC)cc2)C(=O)N(C2C[C@H]4CC[C@@H](C2)N4C)C3=O)cc1. The number of fused-ring (bicyclic) bond motifs is 3. The van der Waals surface area contributed by atoms with Gasteiger partial charge in [0.25, 0.3) is 11.8 Å². The Balaban J connectivity index is 1.29. The fourth-order valence-corrected chi connectivity index (χ4v) is 6.24. The number of carbonyl (C=O) groups is 2. The van der Waals surface area contributed by atoms with Gasteiger partial charge in [-0.05, 0) is 80.3 Å². The number of benzene rings is 3. The first-order valence-electron chi connectivity index (χ1n) is 13.7. The molecule has 2 bridgehead atoms. The number of carbonyl (C=O) groups excluding carboxylic acids is 2. The lowest BCUT2D eigenvalue weighted by molar-refractivity contribution is 0.0438. The average molecular weight is 543 g/mol. The predicted molar refractivity (Wildman–Crippen MR) is 149 cm³/mol. The zero-order chi connectivity index (χ0) is 27.8. The normalized spacial score (nSPS) is 21.9. The topological polar surface area (TPSA) is 77.5 Å². The van der Waals surface area contributed by atoms with Gasteiger partial charge in [0.1, 0.15) is 24.7 Å². The number of nitrogens with zero attached hydrogens (tertiary/aromatic N) is 2. The summed E-state index contributed by atoms with van der Waals surface area (Å²) in [7, 11) is 5.40. The summed E-state index contributed by atoms with van der Waals surface area (Å²) in [6, 6.07) is 19.3. The van der Waals surface area contributed by atoms with Gasteiger partial charge < -0.3 is 23.8 Å². The van der Waals surface area contributed by atoms with E-state index >= 15 is 0 Å². The molecule has 0 aromatic heterocycles. The molecule has 0 aliphatic carbocycles. The maximum atomic E-state index is 14.0. The molecular weight excluding hydrogens is 508 g/mol. The quantitative estimate of drug-likeness (QED) is 0.349. The van der Waals surface area contributed by atoms with Crippen LogP contribution in [-0.4, -0.2) is 61.0 Å². The lowest BCUT2D eigenvalue weighted by Crippen LogP contribution is -2.50. The van der Waals surface area contributed by atoms with E-state index in [1.54, 1.807) is 26.4 Å². The number of ether oxygens (including phenoxy) is 4. The zero-order valence-corrected chi connectivity index (χ0v) is 23.1. The highest BCUT2D eigenvalue weighted by Gasteiger charge is 2.48. The molecule has 3 heterocycles. The van der Waals surface area contributed by atoms with E-state index in [1.807, 2.05) is 48.5 Å². The van der Waals surface area contributed by atoms with Gasteiger partial charge in [0, 0.05) is 18.1 Å². The number of imide groups is 1. The predicted octanol–water partition coefficient (Wildman–Crippen LogP) is 5.08. The second kappa shape index (κ2) is 10.8. The second-order valence-electron chi connectivity index (χ2n) is 10.7. The van der Waals surface area contributed by atoms with Crippen LogP contribution in [0.15, 0.2) is 60.7 Å². The van der Waals surface area contributed by atoms with E-state index in [0.717, 1.165) is 48.3 Å². The third-order valence-corrected chi connectivity index (χ3v) is 8.54. The van der Waals surface area contributed by atoms with Crippen molar-refractivity contribution in [3.8, 4) is 23.0 Å². The van der Waals surface area contributed by atoms with E-state index in [-0.39, 0.29) is 36.6 Å². The molecule has 3 aliphatic rings. The van der Waals surface area contributed by atoms with Gasteiger partial charge in [0.2, 0.25) is 0 Å². The molecule has 2 amide bonds. The van der Waals surface area contributed by atoms with Crippen molar-refractivity contribution in [2.45, 2.75) is 57.0 Å². The van der Waals surface area contributed by atoms with Gasteiger partial charge in [-0.2, -0.15) is 0 Å². The van der Waals surface area contributed by atoms with Crippen LogP contribution >= 0.6 is 0 Å². The number of amides is 2. The summed E-state index contributed by atoms with van der Waals surface area (Å²) in [5.41, 5.74) is 2.50. The first-order chi connectivity index (χ1) is 19.5. The van der Waals surface area contributed by atoms with Crippen molar-refractivity contribution in [3.05, 3.63) is 82.9 Å². The van der Waals surface area contributed by atoms with E-state index in [9.17, 15) is 9.59 Å². The zero-order valence-electron chi connectivity index (χ0n) is 23.1. The number of hydrogen-bond acceptors (Lipinski definition) is 7. The highest BCUT2D eigenvalue weighted by molar-refractivity contribution is 6.23. The third kappa shape index (κ3) is 4.77. The molecule has 3 aliphatic heterocycles. The van der Waals surface area contributed by atoms with Gasteiger partial charge in [-0.1, -0.05) is 24.3 Å². The van der Waals surface area contributed by atoms with E-state index in [1.165, 1.54) is 4.90 Å². The van der Waals surface area contributed by atoms with Crippen LogP contribution in [0.2, 0.25) is 0 Å². The summed E-state index contributed by atoms with van der Waals surface area (Å²) >= 11 is 0. The highest BCUT2D eigenvalue weighted by Crippen LogP contribution is 2.43. The lowest BCUT2D eigenvalue weighted by atomic mass is 9.96. The molecule has 8 nitrogen and oxygen atoms in total. The summed E-state index contributed by atoms with van der Waals surface area (Å²) in [6.07, 6.45) is 3.84. The smallest absolute Gasteiger partial charge is 0.265 e. The minimum absolute atomic E-state index is 0.112. The fraction of sp³-hybridized carbons (Fsp3) is 0.375. The molecule has 40 heavy (non-hydrogen) atoms. The van der Waals surface area contributed by atoms with Gasteiger partial charge >= 0.3 is 0 Å². The summed E-state index contributed by atoms with van der Waals surface area (Å²) in [5.74, 6) is 1.69. The Morgan fingerprint density at radius 2 is 1.25 bits per heavy atom. The van der Waals surface area contributed by atoms with Crippen LogP contribution in [0.25, 0.3) is 0 Å². The summed E-state index contributed by atoms with van der Waals surface area (Å²) in [4.78, 5) is 31.5. The molecule has 2 saturated heterocycles. The molecule has 0 spiro atoms. The van der Waals surface area contributed by atoms with Gasteiger partial charge in [0.05, 0.1) is 25.3 Å². The highest BCUT2D eigenvalue weighted by atomic mass is 16.5. The molecular formula is C32H34N2O6. The Morgan fingerprint density at radius 3 is 1.80 bits per heavy atom. The molecule has 3 aromatic rings. The van der Waals surface area contributed by atoms with E-state index in [2.05, 4.69) is 11.9 Å². The van der Waals surface area contributed by atoms with E-state index < -0.39 is 0 Å². The Morgan fingerprint density at radius 1 is 0.700 bits per heavy atom. The maximum absolute atomic E-state index is 14.0. The summed E-state index contributed by atoms with van der Waals surface area (Å²) < 4.78 is 23.0. The second-order valence-corrected chi connectivity index (χ2v) is 10.7.